The number of carbonyl (C=O) groups excluding carboxylic acids is 1. The number of amides is 1. The maximum Gasteiger partial charge on any atom is 0.410 e. The zero-order valence-corrected chi connectivity index (χ0v) is 19.1. The number of nitriles is 1. The van der Waals surface area contributed by atoms with Crippen LogP contribution in [-0.4, -0.2) is 29.7 Å². The molecule has 0 atom stereocenters. The van der Waals surface area contributed by atoms with E-state index in [2.05, 4.69) is 43.3 Å². The van der Waals surface area contributed by atoms with Crippen molar-refractivity contribution in [2.24, 2.45) is 0 Å². The van der Waals surface area contributed by atoms with Crippen molar-refractivity contribution < 1.29 is 13.9 Å². The third-order valence-corrected chi connectivity index (χ3v) is 5.57. The monoisotopic (exact) mass is 428 g/mol. The fourth-order valence-corrected chi connectivity index (χ4v) is 4.10. The molecule has 1 aliphatic heterocycles. The number of benzene rings is 2. The van der Waals surface area contributed by atoms with Gasteiger partial charge in [0.05, 0.1) is 0 Å². The summed E-state index contributed by atoms with van der Waals surface area (Å²) in [7, 11) is 0. The van der Waals surface area contributed by atoms with Crippen LogP contribution >= 0.6 is 0 Å². The van der Waals surface area contributed by atoms with Crippen LogP contribution < -0.4 is 0 Å². The second-order valence-corrected chi connectivity index (χ2v) is 9.28. The summed E-state index contributed by atoms with van der Waals surface area (Å²) in [5.41, 5.74) is 5.53. The third kappa shape index (κ3) is 4.55. The van der Waals surface area contributed by atoms with Gasteiger partial charge >= 0.3 is 6.09 Å². The highest BCUT2D eigenvalue weighted by Crippen LogP contribution is 2.36. The fourth-order valence-electron chi connectivity index (χ4n) is 4.10. The molecule has 4 rings (SSSR count). The Bertz CT molecular complexity index is 1220. The molecule has 0 saturated carbocycles. The molecule has 1 amide bonds. The van der Waals surface area contributed by atoms with Crippen LogP contribution in [0.1, 0.15) is 55.2 Å². The standard InChI is InChI=1S/C27H28N2O3/c1-18-14-21(20-10-12-29(13-11-20)26(30)32-27(2,3)4)25-23(15-18)22(24(17-28)31-25)16-19-8-6-5-7-9-19/h5-10,14-15H,11-13,16H2,1-4H3. The van der Waals surface area contributed by atoms with Gasteiger partial charge in [-0.2, -0.15) is 5.26 Å². The fraction of sp³-hybridized carbons (Fsp3) is 0.333. The van der Waals surface area contributed by atoms with Crippen molar-refractivity contribution in [1.82, 2.24) is 4.90 Å². The van der Waals surface area contributed by atoms with Gasteiger partial charge in [0.1, 0.15) is 17.3 Å². The molecule has 0 spiro atoms. The van der Waals surface area contributed by atoms with Gasteiger partial charge in [0.2, 0.25) is 5.76 Å². The number of rotatable bonds is 3. The number of carbonyl (C=O) groups is 1. The Balaban J connectivity index is 1.68. The van der Waals surface area contributed by atoms with Crippen molar-refractivity contribution >= 4 is 22.6 Å². The lowest BCUT2D eigenvalue weighted by atomic mass is 9.94. The normalized spacial score (nSPS) is 14.2. The third-order valence-electron chi connectivity index (χ3n) is 5.57. The Morgan fingerprint density at radius 3 is 2.59 bits per heavy atom. The van der Waals surface area contributed by atoms with E-state index in [0.717, 1.165) is 38.8 Å². The lowest BCUT2D eigenvalue weighted by Gasteiger charge is -2.29. The van der Waals surface area contributed by atoms with Gasteiger partial charge in [0.25, 0.3) is 0 Å². The van der Waals surface area contributed by atoms with Crippen molar-refractivity contribution in [3.63, 3.8) is 0 Å². The molecule has 3 aromatic rings. The minimum Gasteiger partial charge on any atom is -0.445 e. The summed E-state index contributed by atoms with van der Waals surface area (Å²) < 4.78 is 11.6. The average molecular weight is 429 g/mol. The van der Waals surface area contributed by atoms with Gasteiger partial charge in [-0.15, -0.1) is 0 Å². The first kappa shape index (κ1) is 21.7. The van der Waals surface area contributed by atoms with Crippen LogP contribution in [0, 0.1) is 18.3 Å². The highest BCUT2D eigenvalue weighted by atomic mass is 16.6. The number of hydrogen-bond donors (Lipinski definition) is 0. The molecule has 2 heterocycles. The number of aryl methyl sites for hydroxylation is 1. The highest BCUT2D eigenvalue weighted by molar-refractivity contribution is 5.94. The van der Waals surface area contributed by atoms with Crippen LogP contribution in [0.3, 0.4) is 0 Å². The summed E-state index contributed by atoms with van der Waals surface area (Å²) in [6.07, 6.45) is 3.11. The van der Waals surface area contributed by atoms with Gasteiger partial charge in [-0.05, 0) is 62.9 Å². The smallest absolute Gasteiger partial charge is 0.410 e. The molecule has 2 aromatic carbocycles. The molecule has 0 unspecified atom stereocenters. The summed E-state index contributed by atoms with van der Waals surface area (Å²) in [6, 6.07) is 16.6. The molecular formula is C27H28N2O3. The zero-order chi connectivity index (χ0) is 22.9. The van der Waals surface area contributed by atoms with E-state index in [9.17, 15) is 10.1 Å². The van der Waals surface area contributed by atoms with E-state index < -0.39 is 5.60 Å². The lowest BCUT2D eigenvalue weighted by Crippen LogP contribution is -2.39. The molecular weight excluding hydrogens is 400 g/mol. The van der Waals surface area contributed by atoms with E-state index in [1.165, 1.54) is 0 Å². The van der Waals surface area contributed by atoms with Gasteiger partial charge in [-0.1, -0.05) is 36.4 Å². The van der Waals surface area contributed by atoms with Crippen LogP contribution in [0.2, 0.25) is 0 Å². The molecule has 0 saturated heterocycles. The molecule has 0 fully saturated rings. The number of furan rings is 1. The van der Waals surface area contributed by atoms with Gasteiger partial charge in [0, 0.05) is 36.0 Å². The van der Waals surface area contributed by atoms with E-state index in [4.69, 9.17) is 9.15 Å². The van der Waals surface area contributed by atoms with Crippen LogP contribution in [0.4, 0.5) is 4.79 Å². The predicted molar refractivity (Wildman–Crippen MR) is 125 cm³/mol. The van der Waals surface area contributed by atoms with Crippen molar-refractivity contribution in [3.8, 4) is 6.07 Å². The minimum absolute atomic E-state index is 0.294. The highest BCUT2D eigenvalue weighted by Gasteiger charge is 2.26. The Kier molecular flexibility index (Phi) is 5.80. The molecule has 1 aliphatic rings. The summed E-state index contributed by atoms with van der Waals surface area (Å²) in [5.74, 6) is 0.363. The summed E-state index contributed by atoms with van der Waals surface area (Å²) in [4.78, 5) is 14.1. The zero-order valence-electron chi connectivity index (χ0n) is 19.1. The Morgan fingerprint density at radius 1 is 1.22 bits per heavy atom. The first-order valence-corrected chi connectivity index (χ1v) is 10.9. The first-order chi connectivity index (χ1) is 15.2. The van der Waals surface area contributed by atoms with Gasteiger partial charge in [-0.25, -0.2) is 4.79 Å². The van der Waals surface area contributed by atoms with Gasteiger partial charge in [-0.3, -0.25) is 0 Å². The molecule has 5 heteroatoms. The van der Waals surface area contributed by atoms with Crippen LogP contribution in [0.15, 0.2) is 53.0 Å². The van der Waals surface area contributed by atoms with Crippen molar-refractivity contribution in [2.45, 2.75) is 46.1 Å². The van der Waals surface area contributed by atoms with E-state index in [1.54, 1.807) is 4.90 Å². The maximum atomic E-state index is 12.4. The molecule has 32 heavy (non-hydrogen) atoms. The van der Waals surface area contributed by atoms with E-state index in [-0.39, 0.29) is 6.09 Å². The second kappa shape index (κ2) is 8.55. The van der Waals surface area contributed by atoms with Gasteiger partial charge < -0.3 is 14.1 Å². The first-order valence-electron chi connectivity index (χ1n) is 10.9. The topological polar surface area (TPSA) is 66.5 Å². The van der Waals surface area contributed by atoms with Crippen molar-refractivity contribution in [3.05, 3.63) is 76.6 Å². The van der Waals surface area contributed by atoms with Crippen molar-refractivity contribution in [2.75, 3.05) is 13.1 Å². The molecule has 5 nitrogen and oxygen atoms in total. The SMILES string of the molecule is Cc1cc(C2=CCN(C(=O)OC(C)(C)C)CC2)c2oc(C#N)c(Cc3ccccc3)c2c1. The Hall–Kier alpha value is -3.52. The number of fused-ring (bicyclic) bond motifs is 1. The largest absolute Gasteiger partial charge is 0.445 e. The van der Waals surface area contributed by atoms with E-state index in [0.29, 0.717) is 31.7 Å². The summed E-state index contributed by atoms with van der Waals surface area (Å²) in [6.45, 7) is 8.74. The van der Waals surface area contributed by atoms with E-state index >= 15 is 0 Å². The maximum absolute atomic E-state index is 12.4. The molecule has 0 aliphatic carbocycles. The number of hydrogen-bond acceptors (Lipinski definition) is 4. The van der Waals surface area contributed by atoms with Crippen LogP contribution in [-0.2, 0) is 11.2 Å². The Morgan fingerprint density at radius 2 is 1.97 bits per heavy atom. The molecule has 164 valence electrons. The average Bonchev–Trinajstić information content (AvgIpc) is 3.10. The quantitative estimate of drug-likeness (QED) is 0.496. The summed E-state index contributed by atoms with van der Waals surface area (Å²) >= 11 is 0. The molecule has 0 radical (unpaired) electrons. The minimum atomic E-state index is -0.513. The Labute approximate surface area is 188 Å². The number of ether oxygens (including phenoxy) is 1. The van der Waals surface area contributed by atoms with Crippen LogP contribution in [0.5, 0.6) is 0 Å². The van der Waals surface area contributed by atoms with Crippen molar-refractivity contribution in [1.29, 1.82) is 5.26 Å². The predicted octanol–water partition coefficient (Wildman–Crippen LogP) is 6.23. The molecule has 0 bridgehead atoms. The molecule has 1 aromatic heterocycles. The second-order valence-electron chi connectivity index (χ2n) is 9.28. The van der Waals surface area contributed by atoms with E-state index in [1.807, 2.05) is 39.0 Å². The lowest BCUT2D eigenvalue weighted by molar-refractivity contribution is 0.0270. The van der Waals surface area contributed by atoms with Gasteiger partial charge in [0.15, 0.2) is 0 Å². The van der Waals surface area contributed by atoms with Crippen LogP contribution in [0.25, 0.3) is 16.5 Å². The number of nitrogens with zero attached hydrogens (tertiary/aromatic N) is 2. The molecule has 0 N–H and O–H groups in total. The summed E-state index contributed by atoms with van der Waals surface area (Å²) in [5, 5.41) is 10.7.